The van der Waals surface area contributed by atoms with Gasteiger partial charge in [0.05, 0.1) is 0 Å². The van der Waals surface area contributed by atoms with Crippen LogP contribution in [0.3, 0.4) is 0 Å². The van der Waals surface area contributed by atoms with Crippen LogP contribution in [0.4, 0.5) is 5.82 Å². The number of aromatic nitrogens is 4. The first-order valence-corrected chi connectivity index (χ1v) is 7.37. The molecular formula is C13H19N5S. The highest BCUT2D eigenvalue weighted by atomic mass is 32.2. The molecule has 0 aliphatic heterocycles. The number of hydrogen-bond donors (Lipinski definition) is 1. The second-order valence-corrected chi connectivity index (χ2v) is 5.30. The Labute approximate surface area is 117 Å². The summed E-state index contributed by atoms with van der Waals surface area (Å²) in [5, 5.41) is 12.4. The van der Waals surface area contributed by atoms with Crippen LogP contribution in [0.25, 0.3) is 0 Å². The first kappa shape index (κ1) is 13.9. The van der Waals surface area contributed by atoms with E-state index in [2.05, 4.69) is 33.5 Å². The summed E-state index contributed by atoms with van der Waals surface area (Å²) in [7, 11) is 1.98. The van der Waals surface area contributed by atoms with Crippen molar-refractivity contribution in [2.45, 2.75) is 31.2 Å². The van der Waals surface area contributed by atoms with E-state index in [9.17, 15) is 0 Å². The first-order valence-electron chi connectivity index (χ1n) is 6.38. The summed E-state index contributed by atoms with van der Waals surface area (Å²) in [6, 6.07) is 4.12. The number of nitrogens with zero attached hydrogens (tertiary/aromatic N) is 4. The molecule has 0 saturated heterocycles. The number of nitrogens with one attached hydrogen (secondary N) is 1. The van der Waals surface area contributed by atoms with E-state index in [1.54, 1.807) is 11.8 Å². The molecule has 0 spiro atoms. The Kier molecular flexibility index (Phi) is 4.79. The lowest BCUT2D eigenvalue weighted by Gasteiger charge is -2.06. The van der Waals surface area contributed by atoms with E-state index in [-0.39, 0.29) is 0 Å². The molecule has 2 heterocycles. The highest BCUT2D eigenvalue weighted by molar-refractivity contribution is 7.98. The van der Waals surface area contributed by atoms with Crippen LogP contribution in [0.2, 0.25) is 0 Å². The van der Waals surface area contributed by atoms with Gasteiger partial charge in [-0.1, -0.05) is 18.7 Å². The monoisotopic (exact) mass is 277 g/mol. The molecule has 0 bridgehead atoms. The van der Waals surface area contributed by atoms with Crippen LogP contribution in [0.5, 0.6) is 0 Å². The SMILES string of the molecule is CCCNc1cc(CSc2nnc(C)n2C)ccn1. The van der Waals surface area contributed by atoms with Gasteiger partial charge in [0.15, 0.2) is 5.16 Å². The number of anilines is 1. The molecule has 0 aliphatic rings. The van der Waals surface area contributed by atoms with Gasteiger partial charge in [0, 0.05) is 25.5 Å². The van der Waals surface area contributed by atoms with Gasteiger partial charge in [0.25, 0.3) is 0 Å². The fraction of sp³-hybridized carbons (Fsp3) is 0.462. The van der Waals surface area contributed by atoms with Gasteiger partial charge in [-0.3, -0.25) is 0 Å². The van der Waals surface area contributed by atoms with Gasteiger partial charge in [-0.25, -0.2) is 4.98 Å². The van der Waals surface area contributed by atoms with Crippen LogP contribution in [0, 0.1) is 6.92 Å². The third-order valence-electron chi connectivity index (χ3n) is 2.80. The number of thioether (sulfide) groups is 1. The van der Waals surface area contributed by atoms with Crippen molar-refractivity contribution in [2.75, 3.05) is 11.9 Å². The lowest BCUT2D eigenvalue weighted by atomic mass is 10.3. The van der Waals surface area contributed by atoms with E-state index >= 15 is 0 Å². The van der Waals surface area contributed by atoms with E-state index in [1.807, 2.05) is 30.8 Å². The molecule has 0 aromatic carbocycles. The number of rotatable bonds is 6. The Hall–Kier alpha value is -1.56. The molecule has 0 fully saturated rings. The van der Waals surface area contributed by atoms with Crippen LogP contribution in [0.1, 0.15) is 24.7 Å². The molecule has 0 atom stereocenters. The fourth-order valence-corrected chi connectivity index (χ4v) is 2.47. The molecular weight excluding hydrogens is 258 g/mol. The molecule has 1 N–H and O–H groups in total. The minimum atomic E-state index is 0.870. The van der Waals surface area contributed by atoms with Crippen molar-refractivity contribution in [3.63, 3.8) is 0 Å². The number of aryl methyl sites for hydroxylation is 1. The number of pyridine rings is 1. The minimum Gasteiger partial charge on any atom is -0.370 e. The van der Waals surface area contributed by atoms with Crippen molar-refractivity contribution in [3.05, 3.63) is 29.7 Å². The second-order valence-electron chi connectivity index (χ2n) is 4.35. The Morgan fingerprint density at radius 3 is 2.89 bits per heavy atom. The van der Waals surface area contributed by atoms with E-state index in [0.717, 1.165) is 35.5 Å². The van der Waals surface area contributed by atoms with Crippen molar-refractivity contribution in [3.8, 4) is 0 Å². The minimum absolute atomic E-state index is 0.870. The topological polar surface area (TPSA) is 55.6 Å². The third-order valence-corrected chi connectivity index (χ3v) is 3.89. The molecule has 2 aromatic heterocycles. The molecule has 0 saturated carbocycles. The second kappa shape index (κ2) is 6.56. The molecule has 0 radical (unpaired) electrons. The van der Waals surface area contributed by atoms with Gasteiger partial charge in [-0.05, 0) is 31.0 Å². The van der Waals surface area contributed by atoms with Gasteiger partial charge in [-0.15, -0.1) is 10.2 Å². The zero-order chi connectivity index (χ0) is 13.7. The van der Waals surface area contributed by atoms with Crippen LogP contribution in [0.15, 0.2) is 23.5 Å². The summed E-state index contributed by atoms with van der Waals surface area (Å²) in [6.07, 6.45) is 2.94. The normalized spacial score (nSPS) is 10.7. The largest absolute Gasteiger partial charge is 0.370 e. The first-order chi connectivity index (χ1) is 9.20. The van der Waals surface area contributed by atoms with E-state index in [0.29, 0.717) is 0 Å². The smallest absolute Gasteiger partial charge is 0.191 e. The standard InChI is InChI=1S/C13H19N5S/c1-4-6-14-12-8-11(5-7-15-12)9-19-13-17-16-10(2)18(13)3/h5,7-8H,4,6,9H2,1-3H3,(H,14,15). The van der Waals surface area contributed by atoms with Gasteiger partial charge in [-0.2, -0.15) is 0 Å². The summed E-state index contributed by atoms with van der Waals surface area (Å²) < 4.78 is 2.00. The van der Waals surface area contributed by atoms with E-state index in [4.69, 9.17) is 0 Å². The van der Waals surface area contributed by atoms with Crippen molar-refractivity contribution < 1.29 is 0 Å². The van der Waals surface area contributed by atoms with Gasteiger partial charge >= 0.3 is 0 Å². The van der Waals surface area contributed by atoms with Crippen molar-refractivity contribution >= 4 is 17.6 Å². The average Bonchev–Trinajstić information content (AvgIpc) is 2.75. The predicted molar refractivity (Wildman–Crippen MR) is 78.3 cm³/mol. The average molecular weight is 277 g/mol. The molecule has 2 aromatic rings. The summed E-state index contributed by atoms with van der Waals surface area (Å²) in [4.78, 5) is 4.30. The Balaban J connectivity index is 1.97. The van der Waals surface area contributed by atoms with Gasteiger partial charge in [0.1, 0.15) is 11.6 Å². The summed E-state index contributed by atoms with van der Waals surface area (Å²) in [5.41, 5.74) is 1.24. The highest BCUT2D eigenvalue weighted by Gasteiger charge is 2.06. The fourth-order valence-electron chi connectivity index (χ4n) is 1.58. The molecule has 19 heavy (non-hydrogen) atoms. The van der Waals surface area contributed by atoms with Crippen LogP contribution < -0.4 is 5.32 Å². The number of hydrogen-bond acceptors (Lipinski definition) is 5. The zero-order valence-corrected chi connectivity index (χ0v) is 12.4. The molecule has 102 valence electrons. The van der Waals surface area contributed by atoms with Gasteiger partial charge < -0.3 is 9.88 Å². The summed E-state index contributed by atoms with van der Waals surface area (Å²) in [5.74, 6) is 2.74. The van der Waals surface area contributed by atoms with Crippen LogP contribution in [-0.2, 0) is 12.8 Å². The highest BCUT2D eigenvalue weighted by Crippen LogP contribution is 2.21. The molecule has 5 nitrogen and oxygen atoms in total. The molecule has 0 aliphatic carbocycles. The maximum Gasteiger partial charge on any atom is 0.191 e. The van der Waals surface area contributed by atoms with Crippen LogP contribution in [-0.4, -0.2) is 26.3 Å². The lowest BCUT2D eigenvalue weighted by Crippen LogP contribution is -2.02. The molecule has 0 amide bonds. The van der Waals surface area contributed by atoms with Crippen molar-refractivity contribution in [1.82, 2.24) is 19.7 Å². The maximum absolute atomic E-state index is 4.30. The summed E-state index contributed by atoms with van der Waals surface area (Å²) in [6.45, 7) is 5.05. The maximum atomic E-state index is 4.30. The lowest BCUT2D eigenvalue weighted by molar-refractivity contribution is 0.765. The molecule has 0 unspecified atom stereocenters. The van der Waals surface area contributed by atoms with E-state index in [1.165, 1.54) is 5.56 Å². The quantitative estimate of drug-likeness (QED) is 0.823. The Morgan fingerprint density at radius 2 is 2.21 bits per heavy atom. The zero-order valence-electron chi connectivity index (χ0n) is 11.6. The third kappa shape index (κ3) is 3.70. The molecule has 2 rings (SSSR count). The van der Waals surface area contributed by atoms with Crippen molar-refractivity contribution in [1.29, 1.82) is 0 Å². The van der Waals surface area contributed by atoms with E-state index < -0.39 is 0 Å². The Bertz CT molecular complexity index is 538. The van der Waals surface area contributed by atoms with Gasteiger partial charge in [0.2, 0.25) is 0 Å². The summed E-state index contributed by atoms with van der Waals surface area (Å²) >= 11 is 1.69. The van der Waals surface area contributed by atoms with Crippen LogP contribution >= 0.6 is 11.8 Å². The Morgan fingerprint density at radius 1 is 1.37 bits per heavy atom. The van der Waals surface area contributed by atoms with Crippen molar-refractivity contribution in [2.24, 2.45) is 7.05 Å². The molecule has 6 heteroatoms. The predicted octanol–water partition coefficient (Wildman–Crippen LogP) is 2.63.